The second kappa shape index (κ2) is 39.5. The molecule has 0 saturated carbocycles. The molecule has 4 heteroatoms. The SMILES string of the molecule is O.O.[Cu][Br]. The van der Waals surface area contributed by atoms with Gasteiger partial charge in [0.2, 0.25) is 0 Å². The first-order valence-electron chi connectivity index (χ1n) is 0.114. The molecule has 0 aliphatic heterocycles. The summed E-state index contributed by atoms with van der Waals surface area (Å²) >= 11 is 6.50. The van der Waals surface area contributed by atoms with Gasteiger partial charge < -0.3 is 11.0 Å². The zero-order chi connectivity index (χ0) is 2.00. The van der Waals surface area contributed by atoms with E-state index in [1.165, 1.54) is 0 Å². The predicted molar refractivity (Wildman–Crippen MR) is 16.2 cm³/mol. The summed E-state index contributed by atoms with van der Waals surface area (Å²) in [4.78, 5) is 0. The van der Waals surface area contributed by atoms with Gasteiger partial charge in [0.15, 0.2) is 0 Å². The summed E-state index contributed by atoms with van der Waals surface area (Å²) in [6, 6.07) is 0. The zero-order valence-corrected chi connectivity index (χ0v) is 4.21. The van der Waals surface area contributed by atoms with E-state index in [1.807, 2.05) is 0 Å². The van der Waals surface area contributed by atoms with Gasteiger partial charge in [-0.05, 0) is 0 Å². The van der Waals surface area contributed by atoms with Gasteiger partial charge in [-0.1, -0.05) is 0 Å². The molecule has 0 aromatic rings. The van der Waals surface area contributed by atoms with Gasteiger partial charge in [-0.15, -0.1) is 0 Å². The van der Waals surface area contributed by atoms with Crippen molar-refractivity contribution in [3.8, 4) is 0 Å². The van der Waals surface area contributed by atoms with Crippen molar-refractivity contribution in [2.45, 2.75) is 0 Å². The van der Waals surface area contributed by atoms with Crippen LogP contribution in [0.4, 0.5) is 0 Å². The molecular formula is H4BrCuO2. The molecule has 0 aliphatic rings. The fraction of sp³-hybridized carbons (Fsp3) is 0. The van der Waals surface area contributed by atoms with Crippen molar-refractivity contribution >= 4 is 14.1 Å². The first kappa shape index (κ1) is 20.5. The van der Waals surface area contributed by atoms with Crippen LogP contribution in [0.3, 0.4) is 0 Å². The molecule has 0 atom stereocenters. The average molecular weight is 179 g/mol. The van der Waals surface area contributed by atoms with E-state index < -0.39 is 0 Å². The van der Waals surface area contributed by atoms with Gasteiger partial charge in [-0.2, -0.15) is 0 Å². The summed E-state index contributed by atoms with van der Waals surface area (Å²) in [6.07, 6.45) is 0. The second-order valence-corrected chi connectivity index (χ2v) is 0. The van der Waals surface area contributed by atoms with Crippen LogP contribution in [0.5, 0.6) is 0 Å². The molecule has 0 spiro atoms. The molecule has 0 aromatic heterocycles. The van der Waals surface area contributed by atoms with Gasteiger partial charge in [-0.25, -0.2) is 0 Å². The molecule has 4 N–H and O–H groups in total. The fourth-order valence-corrected chi connectivity index (χ4v) is 0. The van der Waals surface area contributed by atoms with Gasteiger partial charge in [0.05, 0.1) is 0 Å². The minimum absolute atomic E-state index is 0. The zero-order valence-electron chi connectivity index (χ0n) is 1.68. The Kier molecular flexibility index (Phi) is 203. The molecule has 0 radical (unpaired) electrons. The first-order valence-corrected chi connectivity index (χ1v) is 2.44. The van der Waals surface area contributed by atoms with Crippen LogP contribution in [-0.4, -0.2) is 11.0 Å². The maximum atomic E-state index is 4.00. The van der Waals surface area contributed by atoms with Gasteiger partial charge in [0, 0.05) is 0 Å². The van der Waals surface area contributed by atoms with Gasteiger partial charge in [0.25, 0.3) is 0 Å². The van der Waals surface area contributed by atoms with E-state index in [1.54, 1.807) is 0 Å². The molecule has 2 nitrogen and oxygen atoms in total. The van der Waals surface area contributed by atoms with Crippen LogP contribution >= 0.6 is 14.1 Å². The van der Waals surface area contributed by atoms with E-state index in [2.05, 4.69) is 28.3 Å². The Labute approximate surface area is 39.7 Å². The van der Waals surface area contributed by atoms with Gasteiger partial charge in [0.1, 0.15) is 0 Å². The molecule has 0 heterocycles. The van der Waals surface area contributed by atoms with Gasteiger partial charge in [-0.3, -0.25) is 0 Å². The molecule has 0 unspecified atom stereocenters. The number of hydrogen-bond acceptors (Lipinski definition) is 0. The van der Waals surface area contributed by atoms with Crippen LogP contribution in [0.25, 0.3) is 0 Å². The monoisotopic (exact) mass is 178 g/mol. The molecule has 0 aliphatic carbocycles. The van der Waals surface area contributed by atoms with Crippen LogP contribution in [0.15, 0.2) is 0 Å². The van der Waals surface area contributed by atoms with E-state index >= 15 is 0 Å². The predicted octanol–water partition coefficient (Wildman–Crippen LogP) is -0.806. The third kappa shape index (κ3) is 12.7. The molecule has 0 fully saturated rings. The number of halogens is 1. The Hall–Kier alpha value is 0.919. The van der Waals surface area contributed by atoms with E-state index in [0.29, 0.717) is 0 Å². The third-order valence-electron chi connectivity index (χ3n) is 0. The Bertz CT molecular complexity index is 6.00. The van der Waals surface area contributed by atoms with Crippen LogP contribution in [0, 0.1) is 0 Å². The Morgan fingerprint density at radius 1 is 1.00 bits per heavy atom. The summed E-state index contributed by atoms with van der Waals surface area (Å²) in [5.41, 5.74) is 0. The molecular weight excluding hydrogens is 175 g/mol. The molecule has 0 saturated heterocycles. The minimum atomic E-state index is 0. The van der Waals surface area contributed by atoms with Crippen LogP contribution < -0.4 is 0 Å². The molecule has 0 amide bonds. The first-order chi connectivity index (χ1) is 1.00. The van der Waals surface area contributed by atoms with Gasteiger partial charge >= 0.3 is 28.3 Å². The van der Waals surface area contributed by atoms with Crippen molar-refractivity contribution in [2.75, 3.05) is 0 Å². The third-order valence-corrected chi connectivity index (χ3v) is 0. The summed E-state index contributed by atoms with van der Waals surface area (Å²) in [6.45, 7) is 0. The van der Waals surface area contributed by atoms with Crippen molar-refractivity contribution in [3.05, 3.63) is 0 Å². The molecule has 0 rings (SSSR count). The topological polar surface area (TPSA) is 63.0 Å². The van der Waals surface area contributed by atoms with Crippen molar-refractivity contribution in [3.63, 3.8) is 0 Å². The van der Waals surface area contributed by atoms with Crippen molar-refractivity contribution in [1.82, 2.24) is 0 Å². The van der Waals surface area contributed by atoms with Crippen LogP contribution in [0.1, 0.15) is 0 Å². The van der Waals surface area contributed by atoms with Crippen LogP contribution in [-0.2, 0) is 14.2 Å². The van der Waals surface area contributed by atoms with Crippen molar-refractivity contribution in [1.29, 1.82) is 0 Å². The fourth-order valence-electron chi connectivity index (χ4n) is 0. The summed E-state index contributed by atoms with van der Waals surface area (Å²) < 4.78 is 0. The summed E-state index contributed by atoms with van der Waals surface area (Å²) in [5.74, 6) is 0. The molecule has 34 valence electrons. The quantitative estimate of drug-likeness (QED) is 0.437. The Balaban J connectivity index is -0.00000000500. The van der Waals surface area contributed by atoms with E-state index in [-0.39, 0.29) is 11.0 Å². The van der Waals surface area contributed by atoms with E-state index in [4.69, 9.17) is 0 Å². The number of hydrogen-bond donors (Lipinski definition) is 0. The normalized spacial score (nSPS) is 1.75. The standard InChI is InChI=1S/BrH.Cu.2H2O/h1H;;2*1H2/q;+1;;/p-1. The molecule has 0 aromatic carbocycles. The van der Waals surface area contributed by atoms with Crippen molar-refractivity contribution < 1.29 is 25.2 Å². The average Bonchev–Trinajstić information content (AvgIpc) is 1.00. The Morgan fingerprint density at radius 3 is 1.00 bits per heavy atom. The Morgan fingerprint density at radius 2 is 1.00 bits per heavy atom. The number of rotatable bonds is 0. The molecule has 0 bridgehead atoms. The van der Waals surface area contributed by atoms with E-state index in [9.17, 15) is 0 Å². The summed E-state index contributed by atoms with van der Waals surface area (Å²) in [5, 5.41) is 0. The summed E-state index contributed by atoms with van der Waals surface area (Å²) in [7, 11) is 0. The van der Waals surface area contributed by atoms with Crippen molar-refractivity contribution in [2.24, 2.45) is 0 Å². The van der Waals surface area contributed by atoms with Crippen LogP contribution in [0.2, 0.25) is 0 Å². The molecule has 4 heavy (non-hydrogen) atoms. The second-order valence-electron chi connectivity index (χ2n) is 0. The maximum absolute atomic E-state index is 4.00. The van der Waals surface area contributed by atoms with E-state index in [0.717, 1.165) is 0 Å².